The third-order valence-electron chi connectivity index (χ3n) is 4.96. The van der Waals surface area contributed by atoms with Crippen molar-refractivity contribution in [3.63, 3.8) is 0 Å². The summed E-state index contributed by atoms with van der Waals surface area (Å²) in [4.78, 5) is 26.7. The number of esters is 2. The molecule has 0 aliphatic carbocycles. The average Bonchev–Trinajstić information content (AvgIpc) is 2.78. The number of methoxy groups -OCH3 is 1. The highest BCUT2D eigenvalue weighted by molar-refractivity contribution is 5.89. The zero-order chi connectivity index (χ0) is 15.7. The number of piperidine rings is 1. The van der Waals surface area contributed by atoms with Gasteiger partial charge in [-0.25, -0.2) is 4.79 Å². The van der Waals surface area contributed by atoms with E-state index in [0.29, 0.717) is 18.0 Å². The van der Waals surface area contributed by atoms with E-state index >= 15 is 0 Å². The van der Waals surface area contributed by atoms with Crippen LogP contribution in [0.25, 0.3) is 0 Å². The second-order valence-electron chi connectivity index (χ2n) is 6.06. The van der Waals surface area contributed by atoms with Gasteiger partial charge in [0.2, 0.25) is 0 Å². The quantitative estimate of drug-likeness (QED) is 0.791. The van der Waals surface area contributed by atoms with Gasteiger partial charge in [-0.05, 0) is 32.0 Å². The molecule has 5 nitrogen and oxygen atoms in total. The predicted molar refractivity (Wildman–Crippen MR) is 87.6 cm³/mol. The standard InChI is InChI=1S/C17H21NO4.ClH/c1-18-12-8-9-13(18)15(17(20)21-2)14(10-12)22-16(19)11-6-4-3-5-7-11;/h3-7,12-15H,8-10H2,1-2H3;1H/t12?,13-,14?,15?;/m1./s1. The summed E-state index contributed by atoms with van der Waals surface area (Å²) in [5.74, 6) is -1.06. The topological polar surface area (TPSA) is 55.8 Å². The molecule has 3 rings (SSSR count). The second kappa shape index (κ2) is 7.32. The maximum Gasteiger partial charge on any atom is 0.338 e. The molecule has 4 atom stereocenters. The zero-order valence-corrected chi connectivity index (χ0v) is 14.1. The van der Waals surface area contributed by atoms with E-state index in [9.17, 15) is 9.59 Å². The summed E-state index contributed by atoms with van der Waals surface area (Å²) in [6.07, 6.45) is 2.26. The van der Waals surface area contributed by atoms with E-state index in [-0.39, 0.29) is 30.4 Å². The lowest BCUT2D eigenvalue weighted by molar-refractivity contribution is -0.156. The molecule has 2 bridgehead atoms. The third kappa shape index (κ3) is 3.35. The van der Waals surface area contributed by atoms with Crippen molar-refractivity contribution >= 4 is 24.3 Å². The monoisotopic (exact) mass is 339 g/mol. The maximum absolute atomic E-state index is 12.3. The van der Waals surface area contributed by atoms with Crippen LogP contribution in [-0.4, -0.2) is 49.2 Å². The van der Waals surface area contributed by atoms with Gasteiger partial charge in [-0.1, -0.05) is 18.2 Å². The van der Waals surface area contributed by atoms with Gasteiger partial charge in [0.25, 0.3) is 0 Å². The number of benzene rings is 1. The fraction of sp³-hybridized carbons (Fsp3) is 0.529. The van der Waals surface area contributed by atoms with Crippen molar-refractivity contribution in [3.8, 4) is 0 Å². The molecule has 1 aromatic rings. The van der Waals surface area contributed by atoms with Crippen LogP contribution < -0.4 is 0 Å². The van der Waals surface area contributed by atoms with Crippen LogP contribution in [0.3, 0.4) is 0 Å². The molecule has 126 valence electrons. The number of carbonyl (C=O) groups is 2. The molecule has 0 N–H and O–H groups in total. The largest absolute Gasteiger partial charge is 0.469 e. The van der Waals surface area contributed by atoms with Crippen molar-refractivity contribution in [2.75, 3.05) is 14.2 Å². The average molecular weight is 340 g/mol. The summed E-state index contributed by atoms with van der Waals surface area (Å²) in [5.41, 5.74) is 0.511. The number of nitrogens with zero attached hydrogens (tertiary/aromatic N) is 1. The Hall–Kier alpha value is -1.59. The van der Waals surface area contributed by atoms with Gasteiger partial charge in [-0.15, -0.1) is 12.4 Å². The number of rotatable bonds is 3. The molecule has 0 saturated carbocycles. The van der Waals surface area contributed by atoms with Crippen molar-refractivity contribution in [3.05, 3.63) is 35.9 Å². The lowest BCUT2D eigenvalue weighted by atomic mass is 9.87. The molecular formula is C17H22ClNO4. The summed E-state index contributed by atoms with van der Waals surface area (Å²) in [6.45, 7) is 0. The van der Waals surface area contributed by atoms with Crippen molar-refractivity contribution in [2.24, 2.45) is 5.92 Å². The number of fused-ring (bicyclic) bond motifs is 2. The van der Waals surface area contributed by atoms with E-state index in [2.05, 4.69) is 4.90 Å². The highest BCUT2D eigenvalue weighted by atomic mass is 35.5. The van der Waals surface area contributed by atoms with Gasteiger partial charge in [-0.2, -0.15) is 0 Å². The van der Waals surface area contributed by atoms with Crippen LogP contribution in [0.15, 0.2) is 30.3 Å². The van der Waals surface area contributed by atoms with Crippen LogP contribution in [-0.2, 0) is 14.3 Å². The Balaban J connectivity index is 0.00000192. The fourth-order valence-corrected chi connectivity index (χ4v) is 3.77. The summed E-state index contributed by atoms with van der Waals surface area (Å²) < 4.78 is 10.6. The molecule has 0 aromatic heterocycles. The summed E-state index contributed by atoms with van der Waals surface area (Å²) in [6, 6.07) is 9.36. The zero-order valence-electron chi connectivity index (χ0n) is 13.3. The van der Waals surface area contributed by atoms with Crippen LogP contribution >= 0.6 is 12.4 Å². The number of carbonyl (C=O) groups excluding carboxylic acids is 2. The highest BCUT2D eigenvalue weighted by Crippen LogP contribution is 2.40. The Kier molecular flexibility index (Phi) is 5.65. The number of halogens is 1. The van der Waals surface area contributed by atoms with E-state index in [1.54, 1.807) is 24.3 Å². The number of ether oxygens (including phenoxy) is 2. The van der Waals surface area contributed by atoms with Gasteiger partial charge in [0.1, 0.15) is 12.0 Å². The maximum atomic E-state index is 12.3. The Labute approximate surface area is 142 Å². The molecule has 0 amide bonds. The molecule has 6 heteroatoms. The minimum absolute atomic E-state index is 0. The molecule has 23 heavy (non-hydrogen) atoms. The van der Waals surface area contributed by atoms with Crippen LogP contribution in [0.2, 0.25) is 0 Å². The molecule has 2 fully saturated rings. The van der Waals surface area contributed by atoms with Gasteiger partial charge in [0.05, 0.1) is 12.7 Å². The van der Waals surface area contributed by atoms with Crippen LogP contribution in [0.5, 0.6) is 0 Å². The smallest absolute Gasteiger partial charge is 0.338 e. The Bertz CT molecular complexity index is 565. The molecule has 0 radical (unpaired) electrons. The molecule has 0 spiro atoms. The van der Waals surface area contributed by atoms with E-state index < -0.39 is 12.0 Å². The van der Waals surface area contributed by atoms with E-state index in [1.165, 1.54) is 7.11 Å². The first-order valence-corrected chi connectivity index (χ1v) is 7.67. The summed E-state index contributed by atoms with van der Waals surface area (Å²) >= 11 is 0. The normalized spacial score (nSPS) is 29.5. The van der Waals surface area contributed by atoms with Gasteiger partial charge in [-0.3, -0.25) is 9.69 Å². The molecule has 2 heterocycles. The fourth-order valence-electron chi connectivity index (χ4n) is 3.77. The van der Waals surface area contributed by atoms with Crippen molar-refractivity contribution in [1.29, 1.82) is 0 Å². The first-order valence-electron chi connectivity index (χ1n) is 7.67. The summed E-state index contributed by atoms with van der Waals surface area (Å²) in [7, 11) is 3.42. The molecule has 2 aliphatic heterocycles. The van der Waals surface area contributed by atoms with Crippen LogP contribution in [0.4, 0.5) is 0 Å². The Morgan fingerprint density at radius 3 is 2.52 bits per heavy atom. The minimum atomic E-state index is -0.408. The Morgan fingerprint density at radius 1 is 1.17 bits per heavy atom. The molecule has 2 aliphatic rings. The first-order chi connectivity index (χ1) is 10.6. The summed E-state index contributed by atoms with van der Waals surface area (Å²) in [5, 5.41) is 0. The Morgan fingerprint density at radius 2 is 1.87 bits per heavy atom. The van der Waals surface area contributed by atoms with Crippen molar-refractivity contribution < 1.29 is 19.1 Å². The minimum Gasteiger partial charge on any atom is -0.469 e. The molecule has 3 unspecified atom stereocenters. The van der Waals surface area contributed by atoms with Gasteiger partial charge in [0, 0.05) is 18.5 Å². The van der Waals surface area contributed by atoms with Gasteiger partial charge < -0.3 is 9.47 Å². The van der Waals surface area contributed by atoms with Crippen molar-refractivity contribution in [1.82, 2.24) is 4.90 Å². The number of hydrogen-bond acceptors (Lipinski definition) is 5. The van der Waals surface area contributed by atoms with E-state index in [4.69, 9.17) is 9.47 Å². The van der Waals surface area contributed by atoms with Gasteiger partial charge >= 0.3 is 11.9 Å². The molecule has 2 saturated heterocycles. The van der Waals surface area contributed by atoms with Gasteiger partial charge in [0.15, 0.2) is 0 Å². The van der Waals surface area contributed by atoms with Crippen LogP contribution in [0, 0.1) is 5.92 Å². The second-order valence-corrected chi connectivity index (χ2v) is 6.06. The number of hydrogen-bond donors (Lipinski definition) is 0. The van der Waals surface area contributed by atoms with E-state index in [0.717, 1.165) is 12.8 Å². The first kappa shape index (κ1) is 17.8. The van der Waals surface area contributed by atoms with E-state index in [1.807, 2.05) is 13.1 Å². The molecular weight excluding hydrogens is 318 g/mol. The third-order valence-corrected chi connectivity index (χ3v) is 4.96. The lowest BCUT2D eigenvalue weighted by Gasteiger charge is -2.40. The molecule has 1 aromatic carbocycles. The SMILES string of the molecule is COC(=O)C1C(OC(=O)c2ccccc2)CC2CC[C@H]1N2C.Cl. The van der Waals surface area contributed by atoms with Crippen LogP contribution in [0.1, 0.15) is 29.6 Å². The van der Waals surface area contributed by atoms with Crippen molar-refractivity contribution in [2.45, 2.75) is 37.5 Å². The predicted octanol–water partition coefficient (Wildman–Crippen LogP) is 2.29. The highest BCUT2D eigenvalue weighted by Gasteiger charge is 2.50. The lowest BCUT2D eigenvalue weighted by Crippen LogP contribution is -2.53.